The first-order valence-electron chi connectivity index (χ1n) is 6.94. The van der Waals surface area contributed by atoms with Crippen molar-refractivity contribution in [3.8, 4) is 0 Å². The topological polar surface area (TPSA) is 83.7 Å². The Balaban J connectivity index is 1.60. The Kier molecular flexibility index (Phi) is 5.92. The number of hydrazone groups is 1. The molecule has 0 saturated carbocycles. The average molecular weight is 299 g/mol. The molecular weight excluding hydrogens is 282 g/mol. The molecule has 6 heteroatoms. The highest BCUT2D eigenvalue weighted by Gasteiger charge is 2.04. The molecule has 2 amide bonds. The molecule has 0 saturated heterocycles. The van der Waals surface area contributed by atoms with Gasteiger partial charge in [-0.3, -0.25) is 9.59 Å². The summed E-state index contributed by atoms with van der Waals surface area (Å²) < 4.78 is 5.03. The van der Waals surface area contributed by atoms with E-state index >= 15 is 0 Å². The number of carbonyl (C=O) groups excluding carboxylic acids is 2. The van der Waals surface area contributed by atoms with Crippen LogP contribution in [0.1, 0.15) is 29.0 Å². The van der Waals surface area contributed by atoms with E-state index in [-0.39, 0.29) is 18.2 Å². The fraction of sp³-hybridized carbons (Fsp3) is 0.188. The van der Waals surface area contributed by atoms with Crippen LogP contribution in [0, 0.1) is 0 Å². The second kappa shape index (κ2) is 8.41. The summed E-state index contributed by atoms with van der Waals surface area (Å²) in [5.41, 5.74) is 3.01. The van der Waals surface area contributed by atoms with Crippen LogP contribution in [-0.4, -0.2) is 24.6 Å². The van der Waals surface area contributed by atoms with E-state index in [1.807, 2.05) is 6.07 Å². The molecule has 0 radical (unpaired) electrons. The Hall–Kier alpha value is -2.89. The van der Waals surface area contributed by atoms with Gasteiger partial charge in [0.05, 0.1) is 12.5 Å². The second-order valence-corrected chi connectivity index (χ2v) is 4.53. The van der Waals surface area contributed by atoms with E-state index < -0.39 is 0 Å². The molecule has 0 aliphatic rings. The minimum Gasteiger partial charge on any atom is -0.463 e. The molecule has 2 N–H and O–H groups in total. The molecule has 0 aliphatic heterocycles. The van der Waals surface area contributed by atoms with Crippen LogP contribution in [0.15, 0.2) is 58.2 Å². The van der Waals surface area contributed by atoms with Crippen LogP contribution in [0.4, 0.5) is 0 Å². The molecule has 0 aliphatic carbocycles. The van der Waals surface area contributed by atoms with Crippen LogP contribution in [0.2, 0.25) is 0 Å². The maximum atomic E-state index is 11.7. The number of furan rings is 1. The quantitative estimate of drug-likeness (QED) is 0.465. The van der Waals surface area contributed by atoms with Gasteiger partial charge in [0.2, 0.25) is 5.91 Å². The first-order chi connectivity index (χ1) is 10.8. The van der Waals surface area contributed by atoms with Gasteiger partial charge in [-0.15, -0.1) is 0 Å². The summed E-state index contributed by atoms with van der Waals surface area (Å²) in [6, 6.07) is 12.4. The van der Waals surface area contributed by atoms with Gasteiger partial charge in [0.25, 0.3) is 5.91 Å². The molecule has 1 aromatic heterocycles. The largest absolute Gasteiger partial charge is 0.463 e. The molecule has 1 aromatic carbocycles. The third kappa shape index (κ3) is 5.24. The number of nitrogens with zero attached hydrogens (tertiary/aromatic N) is 1. The Bertz CT molecular complexity index is 621. The van der Waals surface area contributed by atoms with Gasteiger partial charge in [-0.05, 0) is 30.7 Å². The lowest BCUT2D eigenvalue weighted by Gasteiger charge is -2.04. The van der Waals surface area contributed by atoms with Crippen LogP contribution in [0.25, 0.3) is 0 Å². The predicted octanol–water partition coefficient (Wildman–Crippen LogP) is 1.94. The number of amides is 2. The summed E-state index contributed by atoms with van der Waals surface area (Å²) in [5.74, 6) is 0.212. The summed E-state index contributed by atoms with van der Waals surface area (Å²) in [6.07, 6.45) is 3.78. The van der Waals surface area contributed by atoms with Gasteiger partial charge in [0.1, 0.15) is 5.76 Å². The summed E-state index contributed by atoms with van der Waals surface area (Å²) in [5, 5.41) is 6.53. The normalized spacial score (nSPS) is 10.5. The first kappa shape index (κ1) is 15.5. The van der Waals surface area contributed by atoms with E-state index in [1.54, 1.807) is 36.4 Å². The standard InChI is InChI=1S/C16H17N3O3/c20-15(19-18-12-14-8-5-11-22-14)9-4-10-17-16(21)13-6-2-1-3-7-13/h1-3,5-8,11-12H,4,9-10H2,(H,17,21)(H,19,20)/b18-12+. The second-order valence-electron chi connectivity index (χ2n) is 4.53. The lowest BCUT2D eigenvalue weighted by atomic mass is 10.2. The van der Waals surface area contributed by atoms with E-state index in [0.29, 0.717) is 24.3 Å². The first-order valence-corrected chi connectivity index (χ1v) is 6.94. The Morgan fingerprint density at radius 2 is 1.95 bits per heavy atom. The molecule has 0 spiro atoms. The fourth-order valence-corrected chi connectivity index (χ4v) is 1.73. The zero-order chi connectivity index (χ0) is 15.6. The highest BCUT2D eigenvalue weighted by molar-refractivity contribution is 5.94. The van der Waals surface area contributed by atoms with Crippen molar-refractivity contribution in [2.24, 2.45) is 5.10 Å². The molecule has 2 aromatic rings. The van der Waals surface area contributed by atoms with Gasteiger partial charge < -0.3 is 9.73 Å². The van der Waals surface area contributed by atoms with Crippen molar-refractivity contribution in [2.75, 3.05) is 6.54 Å². The highest BCUT2D eigenvalue weighted by atomic mass is 16.3. The van der Waals surface area contributed by atoms with Crippen molar-refractivity contribution in [3.63, 3.8) is 0 Å². The molecule has 1 heterocycles. The summed E-state index contributed by atoms with van der Waals surface area (Å²) in [6.45, 7) is 0.434. The van der Waals surface area contributed by atoms with E-state index in [9.17, 15) is 9.59 Å². The van der Waals surface area contributed by atoms with Gasteiger partial charge in [-0.25, -0.2) is 5.43 Å². The SMILES string of the molecule is O=C(CCCNC(=O)c1ccccc1)N/N=C/c1ccco1. The van der Waals surface area contributed by atoms with Crippen LogP contribution >= 0.6 is 0 Å². The van der Waals surface area contributed by atoms with E-state index in [0.717, 1.165) is 0 Å². The fourth-order valence-electron chi connectivity index (χ4n) is 1.73. The monoisotopic (exact) mass is 299 g/mol. The smallest absolute Gasteiger partial charge is 0.251 e. The van der Waals surface area contributed by atoms with Crippen LogP contribution in [0.5, 0.6) is 0 Å². The summed E-state index contributed by atoms with van der Waals surface area (Å²) in [4.78, 5) is 23.3. The van der Waals surface area contributed by atoms with Gasteiger partial charge >= 0.3 is 0 Å². The van der Waals surface area contributed by atoms with Crippen molar-refractivity contribution in [1.82, 2.24) is 10.7 Å². The van der Waals surface area contributed by atoms with E-state index in [1.165, 1.54) is 12.5 Å². The van der Waals surface area contributed by atoms with Gasteiger partial charge in [-0.2, -0.15) is 5.10 Å². The van der Waals surface area contributed by atoms with Crippen molar-refractivity contribution >= 4 is 18.0 Å². The number of rotatable bonds is 7. The van der Waals surface area contributed by atoms with Gasteiger partial charge in [0, 0.05) is 18.5 Å². The maximum Gasteiger partial charge on any atom is 0.251 e. The molecule has 0 unspecified atom stereocenters. The highest BCUT2D eigenvalue weighted by Crippen LogP contribution is 1.98. The Labute approximate surface area is 128 Å². The molecule has 0 bridgehead atoms. The zero-order valence-corrected chi connectivity index (χ0v) is 12.0. The van der Waals surface area contributed by atoms with Crippen LogP contribution in [0.3, 0.4) is 0 Å². The molecule has 6 nitrogen and oxygen atoms in total. The average Bonchev–Trinajstić information content (AvgIpc) is 3.05. The maximum absolute atomic E-state index is 11.7. The lowest BCUT2D eigenvalue weighted by Crippen LogP contribution is -2.26. The number of hydrogen-bond acceptors (Lipinski definition) is 4. The third-order valence-corrected chi connectivity index (χ3v) is 2.83. The Morgan fingerprint density at radius 1 is 1.14 bits per heavy atom. The predicted molar refractivity (Wildman–Crippen MR) is 82.5 cm³/mol. The summed E-state index contributed by atoms with van der Waals surface area (Å²) >= 11 is 0. The van der Waals surface area contributed by atoms with Gasteiger partial charge in [-0.1, -0.05) is 18.2 Å². The van der Waals surface area contributed by atoms with E-state index in [4.69, 9.17) is 4.42 Å². The van der Waals surface area contributed by atoms with Gasteiger partial charge in [0.15, 0.2) is 0 Å². The van der Waals surface area contributed by atoms with Crippen molar-refractivity contribution in [1.29, 1.82) is 0 Å². The van der Waals surface area contributed by atoms with Crippen molar-refractivity contribution in [3.05, 3.63) is 60.1 Å². The molecule has 114 valence electrons. The third-order valence-electron chi connectivity index (χ3n) is 2.83. The molecule has 22 heavy (non-hydrogen) atoms. The minimum absolute atomic E-state index is 0.142. The summed E-state index contributed by atoms with van der Waals surface area (Å²) in [7, 11) is 0. The van der Waals surface area contributed by atoms with Crippen molar-refractivity contribution in [2.45, 2.75) is 12.8 Å². The van der Waals surface area contributed by atoms with E-state index in [2.05, 4.69) is 15.8 Å². The molecule has 0 fully saturated rings. The molecule has 0 atom stereocenters. The molecule has 2 rings (SSSR count). The Morgan fingerprint density at radius 3 is 2.68 bits per heavy atom. The number of benzene rings is 1. The van der Waals surface area contributed by atoms with Crippen LogP contribution in [-0.2, 0) is 4.79 Å². The molecular formula is C16H17N3O3. The van der Waals surface area contributed by atoms with Crippen LogP contribution < -0.4 is 10.7 Å². The number of carbonyl (C=O) groups is 2. The van der Waals surface area contributed by atoms with Crippen molar-refractivity contribution < 1.29 is 14.0 Å². The number of hydrogen-bond donors (Lipinski definition) is 2. The minimum atomic E-state index is -0.211. The number of nitrogens with one attached hydrogen (secondary N) is 2. The lowest BCUT2D eigenvalue weighted by molar-refractivity contribution is -0.121. The zero-order valence-electron chi connectivity index (χ0n) is 12.0.